The molecule has 2 aromatic heterocycles. The van der Waals surface area contributed by atoms with E-state index in [1.807, 2.05) is 19.1 Å². The van der Waals surface area contributed by atoms with Crippen LogP contribution in [0.1, 0.15) is 55.0 Å². The zero-order chi connectivity index (χ0) is 17.7. The number of nitrogens with zero attached hydrogens (tertiary/aromatic N) is 3. The highest BCUT2D eigenvalue weighted by Crippen LogP contribution is 2.23. The SMILES string of the molecule is CCC(c1cccnc1)N(C)C(=O)c1cc(CC(C)C)[nH]c(=O)n1. The van der Waals surface area contributed by atoms with Crippen LogP contribution in [0.4, 0.5) is 0 Å². The van der Waals surface area contributed by atoms with Crippen LogP contribution in [0.5, 0.6) is 0 Å². The summed E-state index contributed by atoms with van der Waals surface area (Å²) in [5.74, 6) is 0.115. The van der Waals surface area contributed by atoms with Gasteiger partial charge < -0.3 is 9.88 Å². The quantitative estimate of drug-likeness (QED) is 0.884. The van der Waals surface area contributed by atoms with E-state index in [0.29, 0.717) is 12.3 Å². The zero-order valence-electron chi connectivity index (χ0n) is 14.6. The minimum absolute atomic E-state index is 0.110. The second-order valence-corrected chi connectivity index (χ2v) is 6.32. The molecule has 0 aromatic carbocycles. The summed E-state index contributed by atoms with van der Waals surface area (Å²) < 4.78 is 0. The molecule has 0 aliphatic heterocycles. The lowest BCUT2D eigenvalue weighted by Gasteiger charge is -2.27. The number of carbonyl (C=O) groups excluding carboxylic acids is 1. The van der Waals surface area contributed by atoms with Crippen molar-refractivity contribution in [2.24, 2.45) is 5.92 Å². The Morgan fingerprint density at radius 2 is 2.12 bits per heavy atom. The van der Waals surface area contributed by atoms with Crippen molar-refractivity contribution < 1.29 is 4.79 Å². The molecule has 1 unspecified atom stereocenters. The van der Waals surface area contributed by atoms with E-state index < -0.39 is 5.69 Å². The predicted octanol–water partition coefficient (Wildman–Crippen LogP) is 2.59. The molecule has 2 heterocycles. The average Bonchev–Trinajstić information content (AvgIpc) is 2.54. The van der Waals surface area contributed by atoms with Crippen LogP contribution in [0.25, 0.3) is 0 Å². The number of aromatic nitrogens is 3. The van der Waals surface area contributed by atoms with E-state index in [1.165, 1.54) is 0 Å². The molecule has 0 aliphatic rings. The van der Waals surface area contributed by atoms with Gasteiger partial charge in [0.15, 0.2) is 0 Å². The van der Waals surface area contributed by atoms with Gasteiger partial charge in [-0.3, -0.25) is 9.78 Å². The van der Waals surface area contributed by atoms with Crippen LogP contribution < -0.4 is 5.69 Å². The summed E-state index contributed by atoms with van der Waals surface area (Å²) >= 11 is 0. The van der Waals surface area contributed by atoms with Gasteiger partial charge in [0.1, 0.15) is 5.69 Å². The van der Waals surface area contributed by atoms with E-state index in [2.05, 4.69) is 28.8 Å². The average molecular weight is 328 g/mol. The molecule has 6 heteroatoms. The van der Waals surface area contributed by atoms with Crippen LogP contribution in [-0.4, -0.2) is 32.8 Å². The second kappa shape index (κ2) is 7.86. The Morgan fingerprint density at radius 1 is 1.38 bits per heavy atom. The molecule has 24 heavy (non-hydrogen) atoms. The highest BCUT2D eigenvalue weighted by atomic mass is 16.2. The van der Waals surface area contributed by atoms with Crippen LogP contribution in [0.15, 0.2) is 35.4 Å². The van der Waals surface area contributed by atoms with Crippen LogP contribution in [0.2, 0.25) is 0 Å². The van der Waals surface area contributed by atoms with Crippen molar-refractivity contribution in [3.05, 3.63) is 58.0 Å². The van der Waals surface area contributed by atoms with Gasteiger partial charge in [0.2, 0.25) is 0 Å². The third-order valence-electron chi connectivity index (χ3n) is 3.89. The largest absolute Gasteiger partial charge is 0.345 e. The minimum Gasteiger partial charge on any atom is -0.333 e. The molecule has 0 saturated carbocycles. The third-order valence-corrected chi connectivity index (χ3v) is 3.89. The number of hydrogen-bond donors (Lipinski definition) is 1. The van der Waals surface area contributed by atoms with E-state index in [9.17, 15) is 9.59 Å². The number of nitrogens with one attached hydrogen (secondary N) is 1. The van der Waals surface area contributed by atoms with Gasteiger partial charge in [-0.1, -0.05) is 26.8 Å². The summed E-state index contributed by atoms with van der Waals surface area (Å²) in [6.45, 7) is 6.13. The fraction of sp³-hybridized carbons (Fsp3) is 0.444. The zero-order valence-corrected chi connectivity index (χ0v) is 14.6. The molecule has 0 fully saturated rings. The number of H-pyrrole nitrogens is 1. The molecule has 0 bridgehead atoms. The van der Waals surface area contributed by atoms with Crippen molar-refractivity contribution in [1.29, 1.82) is 0 Å². The fourth-order valence-corrected chi connectivity index (χ4v) is 2.80. The standard InChI is InChI=1S/C18H24N4O2/c1-5-16(13-7-6-8-19-11-13)22(4)17(23)15-10-14(9-12(2)3)20-18(24)21-15/h6-8,10-12,16H,5,9H2,1-4H3,(H,20,21,24). The van der Waals surface area contributed by atoms with E-state index in [0.717, 1.165) is 17.7 Å². The lowest BCUT2D eigenvalue weighted by Crippen LogP contribution is -2.33. The Hall–Kier alpha value is -2.50. The van der Waals surface area contributed by atoms with E-state index in [4.69, 9.17) is 0 Å². The summed E-state index contributed by atoms with van der Waals surface area (Å²) in [4.78, 5) is 36.9. The number of pyridine rings is 1. The van der Waals surface area contributed by atoms with Crippen LogP contribution in [0.3, 0.4) is 0 Å². The molecule has 1 amide bonds. The summed E-state index contributed by atoms with van der Waals surface area (Å²) in [5, 5.41) is 0. The van der Waals surface area contributed by atoms with Gasteiger partial charge in [0.05, 0.1) is 6.04 Å². The third kappa shape index (κ3) is 4.28. The molecule has 0 saturated heterocycles. The van der Waals surface area contributed by atoms with Gasteiger partial charge in [-0.25, -0.2) is 4.79 Å². The van der Waals surface area contributed by atoms with Crippen molar-refractivity contribution >= 4 is 5.91 Å². The van der Waals surface area contributed by atoms with Crippen LogP contribution in [-0.2, 0) is 6.42 Å². The van der Waals surface area contributed by atoms with Crippen molar-refractivity contribution in [2.75, 3.05) is 7.05 Å². The Bertz CT molecular complexity index is 740. The number of amides is 1. The van der Waals surface area contributed by atoms with Gasteiger partial charge >= 0.3 is 5.69 Å². The topological polar surface area (TPSA) is 79.0 Å². The number of hydrogen-bond acceptors (Lipinski definition) is 4. The van der Waals surface area contributed by atoms with E-state index in [1.54, 1.807) is 30.4 Å². The number of rotatable bonds is 6. The summed E-state index contributed by atoms with van der Waals surface area (Å²) in [5.41, 5.74) is 1.39. The van der Waals surface area contributed by atoms with Crippen molar-refractivity contribution in [2.45, 2.75) is 39.7 Å². The van der Waals surface area contributed by atoms with Crippen molar-refractivity contribution in [3.63, 3.8) is 0 Å². The Morgan fingerprint density at radius 3 is 2.71 bits per heavy atom. The molecule has 2 aromatic rings. The first-order valence-corrected chi connectivity index (χ1v) is 8.19. The highest BCUT2D eigenvalue weighted by Gasteiger charge is 2.23. The van der Waals surface area contributed by atoms with Gasteiger partial charge in [-0.2, -0.15) is 4.98 Å². The predicted molar refractivity (Wildman–Crippen MR) is 92.8 cm³/mol. The number of carbonyl (C=O) groups is 1. The molecule has 2 rings (SSSR count). The van der Waals surface area contributed by atoms with Crippen molar-refractivity contribution in [3.8, 4) is 0 Å². The maximum atomic E-state index is 12.8. The summed E-state index contributed by atoms with van der Waals surface area (Å²) in [7, 11) is 1.73. The normalized spacial score (nSPS) is 12.2. The molecule has 6 nitrogen and oxygen atoms in total. The van der Waals surface area contributed by atoms with Gasteiger partial charge in [0, 0.05) is 25.1 Å². The van der Waals surface area contributed by atoms with E-state index >= 15 is 0 Å². The Balaban J connectivity index is 2.30. The Labute approximate surface area is 142 Å². The van der Waals surface area contributed by atoms with Crippen molar-refractivity contribution in [1.82, 2.24) is 19.9 Å². The van der Waals surface area contributed by atoms with Crippen LogP contribution in [0, 0.1) is 5.92 Å². The lowest BCUT2D eigenvalue weighted by molar-refractivity contribution is 0.0719. The molecule has 1 atom stereocenters. The summed E-state index contributed by atoms with van der Waals surface area (Å²) in [6.07, 6.45) is 4.90. The first-order valence-electron chi connectivity index (χ1n) is 8.19. The highest BCUT2D eigenvalue weighted by molar-refractivity contribution is 5.92. The first-order chi connectivity index (χ1) is 11.4. The van der Waals surface area contributed by atoms with Gasteiger partial charge in [-0.05, 0) is 36.5 Å². The molecule has 0 spiro atoms. The Kier molecular flexibility index (Phi) is 5.84. The fourth-order valence-electron chi connectivity index (χ4n) is 2.80. The molecule has 0 aliphatic carbocycles. The van der Waals surface area contributed by atoms with E-state index in [-0.39, 0.29) is 17.6 Å². The maximum absolute atomic E-state index is 12.8. The minimum atomic E-state index is -0.487. The molecule has 0 radical (unpaired) electrons. The molecular formula is C18H24N4O2. The second-order valence-electron chi connectivity index (χ2n) is 6.32. The monoisotopic (exact) mass is 328 g/mol. The molecule has 1 N–H and O–H groups in total. The van der Waals surface area contributed by atoms with Crippen LogP contribution >= 0.6 is 0 Å². The lowest BCUT2D eigenvalue weighted by atomic mass is 10.0. The smallest absolute Gasteiger partial charge is 0.333 e. The molecular weight excluding hydrogens is 304 g/mol. The van der Waals surface area contributed by atoms with Gasteiger partial charge in [-0.15, -0.1) is 0 Å². The van der Waals surface area contributed by atoms with Gasteiger partial charge in [0.25, 0.3) is 5.91 Å². The summed E-state index contributed by atoms with van der Waals surface area (Å²) in [6, 6.07) is 5.36. The first kappa shape index (κ1) is 17.8. The molecule has 128 valence electrons. The number of aromatic amines is 1. The maximum Gasteiger partial charge on any atom is 0.345 e.